The molecule has 2 nitrogen and oxygen atoms in total. The van der Waals surface area contributed by atoms with Crippen molar-refractivity contribution < 1.29 is 0 Å². The average molecular weight is 182 g/mol. The SMILES string of the molecule is C=C(CN1CCNCC1)C(C)(C)C. The Labute approximate surface area is 82.0 Å². The Morgan fingerprint density at radius 3 is 2.31 bits per heavy atom. The van der Waals surface area contributed by atoms with Gasteiger partial charge in [0, 0.05) is 32.7 Å². The van der Waals surface area contributed by atoms with Gasteiger partial charge in [0.1, 0.15) is 0 Å². The molecule has 0 aliphatic carbocycles. The number of rotatable bonds is 2. The highest BCUT2D eigenvalue weighted by Gasteiger charge is 2.18. The van der Waals surface area contributed by atoms with Gasteiger partial charge in [0.25, 0.3) is 0 Å². The lowest BCUT2D eigenvalue weighted by Crippen LogP contribution is -2.44. The number of nitrogens with zero attached hydrogens (tertiary/aromatic N) is 1. The quantitative estimate of drug-likeness (QED) is 0.651. The van der Waals surface area contributed by atoms with Gasteiger partial charge in [-0.15, -0.1) is 0 Å². The predicted molar refractivity (Wildman–Crippen MR) is 57.9 cm³/mol. The van der Waals surface area contributed by atoms with Crippen LogP contribution in [-0.2, 0) is 0 Å². The van der Waals surface area contributed by atoms with E-state index >= 15 is 0 Å². The van der Waals surface area contributed by atoms with Crippen molar-refractivity contribution in [2.45, 2.75) is 20.8 Å². The van der Waals surface area contributed by atoms with E-state index in [1.54, 1.807) is 0 Å². The van der Waals surface area contributed by atoms with E-state index in [-0.39, 0.29) is 5.41 Å². The van der Waals surface area contributed by atoms with E-state index in [9.17, 15) is 0 Å². The minimum atomic E-state index is 0.255. The number of hydrogen-bond acceptors (Lipinski definition) is 2. The van der Waals surface area contributed by atoms with Gasteiger partial charge in [0.05, 0.1) is 0 Å². The second-order valence-electron chi connectivity index (χ2n) is 4.88. The van der Waals surface area contributed by atoms with Crippen LogP contribution >= 0.6 is 0 Å². The highest BCUT2D eigenvalue weighted by atomic mass is 15.2. The monoisotopic (exact) mass is 182 g/mol. The van der Waals surface area contributed by atoms with Gasteiger partial charge in [-0.3, -0.25) is 4.90 Å². The van der Waals surface area contributed by atoms with Gasteiger partial charge in [-0.05, 0) is 5.41 Å². The molecule has 1 N–H and O–H groups in total. The van der Waals surface area contributed by atoms with Gasteiger partial charge >= 0.3 is 0 Å². The Hall–Kier alpha value is -0.340. The molecule has 76 valence electrons. The molecule has 0 radical (unpaired) electrons. The van der Waals surface area contributed by atoms with E-state index in [2.05, 4.69) is 37.6 Å². The molecular formula is C11H22N2. The normalized spacial score (nSPS) is 20.2. The van der Waals surface area contributed by atoms with Gasteiger partial charge in [-0.25, -0.2) is 0 Å². The molecule has 0 aromatic carbocycles. The summed E-state index contributed by atoms with van der Waals surface area (Å²) >= 11 is 0. The minimum absolute atomic E-state index is 0.255. The Morgan fingerprint density at radius 1 is 1.31 bits per heavy atom. The van der Waals surface area contributed by atoms with Crippen LogP contribution in [0.2, 0.25) is 0 Å². The molecule has 0 bridgehead atoms. The number of nitrogens with one attached hydrogen (secondary N) is 1. The average Bonchev–Trinajstić information content (AvgIpc) is 2.04. The molecule has 1 saturated heterocycles. The van der Waals surface area contributed by atoms with Crippen LogP contribution in [0.4, 0.5) is 0 Å². The second-order valence-corrected chi connectivity index (χ2v) is 4.88. The fourth-order valence-electron chi connectivity index (χ4n) is 1.38. The third-order valence-electron chi connectivity index (χ3n) is 2.68. The summed E-state index contributed by atoms with van der Waals surface area (Å²) in [6, 6.07) is 0. The molecule has 0 aromatic heterocycles. The Bertz CT molecular complexity index is 173. The lowest BCUT2D eigenvalue weighted by Gasteiger charge is -2.31. The Balaban J connectivity index is 2.35. The first-order valence-corrected chi connectivity index (χ1v) is 5.11. The highest BCUT2D eigenvalue weighted by molar-refractivity contribution is 5.07. The van der Waals surface area contributed by atoms with Crippen LogP contribution in [0.3, 0.4) is 0 Å². The van der Waals surface area contributed by atoms with E-state index in [1.165, 1.54) is 5.57 Å². The molecule has 0 spiro atoms. The predicted octanol–water partition coefficient (Wildman–Crippen LogP) is 1.49. The van der Waals surface area contributed by atoms with Gasteiger partial charge in [-0.1, -0.05) is 32.9 Å². The summed E-state index contributed by atoms with van der Waals surface area (Å²) in [4.78, 5) is 2.48. The summed E-state index contributed by atoms with van der Waals surface area (Å²) < 4.78 is 0. The van der Waals surface area contributed by atoms with Crippen molar-refractivity contribution in [1.82, 2.24) is 10.2 Å². The van der Waals surface area contributed by atoms with Gasteiger partial charge in [0.2, 0.25) is 0 Å². The molecule has 0 saturated carbocycles. The number of hydrogen-bond donors (Lipinski definition) is 1. The molecule has 1 rings (SSSR count). The summed E-state index contributed by atoms with van der Waals surface area (Å²) in [7, 11) is 0. The third kappa shape index (κ3) is 3.49. The van der Waals surface area contributed by atoms with Crippen LogP contribution in [0.5, 0.6) is 0 Å². The summed E-state index contributed by atoms with van der Waals surface area (Å²) in [6.07, 6.45) is 0. The molecule has 2 heteroatoms. The summed E-state index contributed by atoms with van der Waals surface area (Å²) in [6.45, 7) is 16.5. The fourth-order valence-corrected chi connectivity index (χ4v) is 1.38. The molecule has 1 fully saturated rings. The minimum Gasteiger partial charge on any atom is -0.314 e. The molecule has 0 aromatic rings. The second kappa shape index (κ2) is 4.25. The zero-order valence-corrected chi connectivity index (χ0v) is 9.19. The van der Waals surface area contributed by atoms with Crippen molar-refractivity contribution in [3.05, 3.63) is 12.2 Å². The molecule has 0 atom stereocenters. The summed E-state index contributed by atoms with van der Waals surface area (Å²) in [5.74, 6) is 0. The zero-order chi connectivity index (χ0) is 9.90. The maximum Gasteiger partial charge on any atom is 0.0196 e. The molecule has 13 heavy (non-hydrogen) atoms. The molecule has 1 aliphatic rings. The van der Waals surface area contributed by atoms with Crippen molar-refractivity contribution in [2.24, 2.45) is 5.41 Å². The lowest BCUT2D eigenvalue weighted by molar-refractivity contribution is 0.246. The summed E-state index contributed by atoms with van der Waals surface area (Å²) in [5, 5.41) is 3.36. The first kappa shape index (κ1) is 10.7. The zero-order valence-electron chi connectivity index (χ0n) is 9.19. The topological polar surface area (TPSA) is 15.3 Å². The third-order valence-corrected chi connectivity index (χ3v) is 2.68. The van der Waals surface area contributed by atoms with Gasteiger partial charge in [0.15, 0.2) is 0 Å². The van der Waals surface area contributed by atoms with Crippen molar-refractivity contribution in [3.8, 4) is 0 Å². The van der Waals surface area contributed by atoms with E-state index in [1.807, 2.05) is 0 Å². The van der Waals surface area contributed by atoms with Crippen LogP contribution in [0.25, 0.3) is 0 Å². The summed E-state index contributed by atoms with van der Waals surface area (Å²) in [5.41, 5.74) is 1.60. The van der Waals surface area contributed by atoms with E-state index < -0.39 is 0 Å². The van der Waals surface area contributed by atoms with Crippen molar-refractivity contribution in [1.29, 1.82) is 0 Å². The number of piperazine rings is 1. The Morgan fingerprint density at radius 2 is 1.85 bits per heavy atom. The molecule has 1 aliphatic heterocycles. The molecule has 0 amide bonds. The van der Waals surface area contributed by atoms with Crippen LogP contribution in [0, 0.1) is 5.41 Å². The standard InChI is InChI=1S/C11H22N2/c1-10(11(2,3)4)9-13-7-5-12-6-8-13/h12H,1,5-9H2,2-4H3. The van der Waals surface area contributed by atoms with Crippen molar-refractivity contribution >= 4 is 0 Å². The first-order valence-electron chi connectivity index (χ1n) is 5.11. The lowest BCUT2D eigenvalue weighted by atomic mass is 9.87. The molecular weight excluding hydrogens is 160 g/mol. The maximum absolute atomic E-state index is 4.16. The van der Waals surface area contributed by atoms with E-state index in [4.69, 9.17) is 0 Å². The van der Waals surface area contributed by atoms with Crippen molar-refractivity contribution in [3.63, 3.8) is 0 Å². The first-order chi connectivity index (χ1) is 6.00. The van der Waals surface area contributed by atoms with Crippen LogP contribution in [-0.4, -0.2) is 37.6 Å². The van der Waals surface area contributed by atoms with Crippen molar-refractivity contribution in [2.75, 3.05) is 32.7 Å². The Kier molecular flexibility index (Phi) is 3.51. The van der Waals surface area contributed by atoms with Gasteiger partial charge in [-0.2, -0.15) is 0 Å². The van der Waals surface area contributed by atoms with Gasteiger partial charge < -0.3 is 5.32 Å². The van der Waals surface area contributed by atoms with Crippen LogP contribution in [0.1, 0.15) is 20.8 Å². The van der Waals surface area contributed by atoms with E-state index in [0.717, 1.165) is 32.7 Å². The van der Waals surface area contributed by atoms with Crippen LogP contribution in [0.15, 0.2) is 12.2 Å². The largest absolute Gasteiger partial charge is 0.314 e. The smallest absolute Gasteiger partial charge is 0.0196 e. The highest BCUT2D eigenvalue weighted by Crippen LogP contribution is 2.23. The maximum atomic E-state index is 4.16. The van der Waals surface area contributed by atoms with E-state index in [0.29, 0.717) is 0 Å². The van der Waals surface area contributed by atoms with Crippen LogP contribution < -0.4 is 5.32 Å². The fraction of sp³-hybridized carbons (Fsp3) is 0.818. The molecule has 1 heterocycles. The molecule has 0 unspecified atom stereocenters.